The Hall–Kier alpha value is -5.09. The number of nitro groups is 1. The van der Waals surface area contributed by atoms with Crippen LogP contribution in [0.4, 0.5) is 5.69 Å². The van der Waals surface area contributed by atoms with Crippen LogP contribution in [0.25, 0.3) is 33.5 Å². The molecule has 2 aromatic heterocycles. The Balaban J connectivity index is 1.47. The summed E-state index contributed by atoms with van der Waals surface area (Å²) in [5, 5.41) is 17.2. The molecule has 4 aromatic carbocycles. The fraction of sp³-hybridized carbons (Fsp3) is 0.0645. The molecule has 0 N–H and O–H groups in total. The first-order chi connectivity index (χ1) is 19.9. The lowest BCUT2D eigenvalue weighted by Gasteiger charge is -2.10. The summed E-state index contributed by atoms with van der Waals surface area (Å²) in [6.07, 6.45) is 1.36. The first-order valence-electron chi connectivity index (χ1n) is 12.6. The third-order valence-corrected chi connectivity index (χ3v) is 6.94. The SMILES string of the molecule is Cc1cccc(COc2ccc([N+](=O)[O-])cc2C=Nn2c(-c3cc4cc(Br)ccc4o3)nc3ccccc3c2=O)c1. The van der Waals surface area contributed by atoms with E-state index in [0.29, 0.717) is 33.6 Å². The number of benzene rings is 4. The molecular formula is C31H21BrN4O5. The number of non-ortho nitro benzene ring substituents is 1. The average Bonchev–Trinajstić information content (AvgIpc) is 3.39. The van der Waals surface area contributed by atoms with Gasteiger partial charge in [0.05, 0.1) is 22.0 Å². The largest absolute Gasteiger partial charge is 0.488 e. The predicted molar refractivity (Wildman–Crippen MR) is 161 cm³/mol. The average molecular weight is 609 g/mol. The maximum Gasteiger partial charge on any atom is 0.282 e. The highest BCUT2D eigenvalue weighted by molar-refractivity contribution is 9.10. The van der Waals surface area contributed by atoms with E-state index in [-0.39, 0.29) is 18.1 Å². The third kappa shape index (κ3) is 5.37. The number of aryl methyl sites for hydroxylation is 1. The van der Waals surface area contributed by atoms with Crippen LogP contribution >= 0.6 is 15.9 Å². The molecule has 0 aliphatic carbocycles. The molecule has 10 heteroatoms. The van der Waals surface area contributed by atoms with Crippen LogP contribution in [0.3, 0.4) is 0 Å². The van der Waals surface area contributed by atoms with Crippen molar-refractivity contribution >= 4 is 49.7 Å². The molecule has 2 heterocycles. The van der Waals surface area contributed by atoms with Gasteiger partial charge in [-0.3, -0.25) is 14.9 Å². The van der Waals surface area contributed by atoms with Crippen LogP contribution in [-0.4, -0.2) is 20.8 Å². The number of hydrogen-bond acceptors (Lipinski definition) is 7. The van der Waals surface area contributed by atoms with Gasteiger partial charge in [0.15, 0.2) is 5.76 Å². The molecule has 0 amide bonds. The van der Waals surface area contributed by atoms with Crippen LogP contribution in [0.5, 0.6) is 5.75 Å². The molecule has 0 aliphatic rings. The molecule has 0 spiro atoms. The summed E-state index contributed by atoms with van der Waals surface area (Å²) in [7, 11) is 0. The minimum absolute atomic E-state index is 0.138. The van der Waals surface area contributed by atoms with Crippen molar-refractivity contribution < 1.29 is 14.1 Å². The summed E-state index contributed by atoms with van der Waals surface area (Å²) in [6, 6.07) is 26.4. The molecule has 0 fully saturated rings. The topological polar surface area (TPSA) is 113 Å². The molecule has 0 saturated heterocycles. The van der Waals surface area contributed by atoms with E-state index in [4.69, 9.17) is 14.1 Å². The Morgan fingerprint density at radius 1 is 1.05 bits per heavy atom. The van der Waals surface area contributed by atoms with Gasteiger partial charge >= 0.3 is 0 Å². The molecule has 41 heavy (non-hydrogen) atoms. The number of aromatic nitrogens is 2. The zero-order chi connectivity index (χ0) is 28.5. The fourth-order valence-corrected chi connectivity index (χ4v) is 4.86. The van der Waals surface area contributed by atoms with Gasteiger partial charge in [0.1, 0.15) is 17.9 Å². The van der Waals surface area contributed by atoms with E-state index in [0.717, 1.165) is 25.7 Å². The molecular weight excluding hydrogens is 588 g/mol. The second-order valence-corrected chi connectivity index (χ2v) is 10.3. The van der Waals surface area contributed by atoms with Crippen molar-refractivity contribution in [2.75, 3.05) is 0 Å². The van der Waals surface area contributed by atoms with Crippen molar-refractivity contribution in [3.8, 4) is 17.3 Å². The minimum Gasteiger partial charge on any atom is -0.488 e. The molecule has 0 bridgehead atoms. The van der Waals surface area contributed by atoms with Crippen molar-refractivity contribution in [3.63, 3.8) is 0 Å². The maximum atomic E-state index is 13.6. The summed E-state index contributed by atoms with van der Waals surface area (Å²) in [6.45, 7) is 2.23. The summed E-state index contributed by atoms with van der Waals surface area (Å²) < 4.78 is 14.1. The molecule has 6 aromatic rings. The van der Waals surface area contributed by atoms with Gasteiger partial charge in [-0.05, 0) is 55.0 Å². The van der Waals surface area contributed by atoms with Crippen LogP contribution in [0.15, 0.2) is 110 Å². The summed E-state index contributed by atoms with van der Waals surface area (Å²) in [5.74, 6) is 0.899. The van der Waals surface area contributed by atoms with Gasteiger partial charge in [-0.1, -0.05) is 57.9 Å². The van der Waals surface area contributed by atoms with Crippen LogP contribution in [-0.2, 0) is 6.61 Å². The number of furan rings is 1. The second kappa shape index (κ2) is 10.8. The lowest BCUT2D eigenvalue weighted by Crippen LogP contribution is -2.20. The van der Waals surface area contributed by atoms with Gasteiger partial charge in [0.2, 0.25) is 5.82 Å². The van der Waals surface area contributed by atoms with Crippen molar-refractivity contribution in [2.45, 2.75) is 13.5 Å². The smallest absolute Gasteiger partial charge is 0.282 e. The molecule has 0 saturated carbocycles. The summed E-state index contributed by atoms with van der Waals surface area (Å²) in [5.41, 5.74) is 2.90. The molecule has 202 valence electrons. The number of para-hydroxylation sites is 1. The maximum absolute atomic E-state index is 13.6. The van der Waals surface area contributed by atoms with E-state index >= 15 is 0 Å². The number of rotatable bonds is 7. The minimum atomic E-state index is -0.497. The second-order valence-electron chi connectivity index (χ2n) is 9.36. The van der Waals surface area contributed by atoms with Gasteiger partial charge in [0.25, 0.3) is 11.2 Å². The van der Waals surface area contributed by atoms with Crippen molar-refractivity contribution in [3.05, 3.63) is 133 Å². The molecule has 0 radical (unpaired) electrons. The number of fused-ring (bicyclic) bond motifs is 2. The Bertz CT molecular complexity index is 2050. The Kier molecular flexibility index (Phi) is 6.90. The van der Waals surface area contributed by atoms with E-state index in [2.05, 4.69) is 21.0 Å². The lowest BCUT2D eigenvalue weighted by atomic mass is 10.1. The van der Waals surface area contributed by atoms with E-state index in [1.54, 1.807) is 30.3 Å². The molecule has 0 atom stereocenters. The Morgan fingerprint density at radius 2 is 1.90 bits per heavy atom. The van der Waals surface area contributed by atoms with E-state index in [9.17, 15) is 14.9 Å². The van der Waals surface area contributed by atoms with Gasteiger partial charge in [-0.15, -0.1) is 0 Å². The van der Waals surface area contributed by atoms with Gasteiger partial charge in [0, 0.05) is 27.6 Å². The van der Waals surface area contributed by atoms with E-state index in [1.807, 2.05) is 49.4 Å². The monoisotopic (exact) mass is 608 g/mol. The number of halogens is 1. The van der Waals surface area contributed by atoms with Crippen LogP contribution in [0.1, 0.15) is 16.7 Å². The van der Waals surface area contributed by atoms with Gasteiger partial charge in [-0.25, -0.2) is 4.98 Å². The first-order valence-corrected chi connectivity index (χ1v) is 13.4. The quantitative estimate of drug-likeness (QED) is 0.107. The third-order valence-electron chi connectivity index (χ3n) is 6.45. The number of hydrogen-bond donors (Lipinski definition) is 0. The Labute approximate surface area is 241 Å². The highest BCUT2D eigenvalue weighted by atomic mass is 79.9. The van der Waals surface area contributed by atoms with Crippen molar-refractivity contribution in [2.24, 2.45) is 5.10 Å². The molecule has 9 nitrogen and oxygen atoms in total. The molecule has 6 rings (SSSR count). The summed E-state index contributed by atoms with van der Waals surface area (Å²) >= 11 is 3.47. The standard InChI is InChI=1S/C31H21BrN4O5/c1-19-5-4-6-20(13-19)18-40-27-12-10-24(36(38)39)15-22(27)17-33-35-30(34-26-8-3-2-7-25(26)31(35)37)29-16-21-14-23(32)9-11-28(21)41-29/h2-17H,18H2,1H3. The Morgan fingerprint density at radius 3 is 2.73 bits per heavy atom. The fourth-order valence-electron chi connectivity index (χ4n) is 4.48. The highest BCUT2D eigenvalue weighted by Crippen LogP contribution is 2.30. The first kappa shape index (κ1) is 26.1. The van der Waals surface area contributed by atoms with Crippen molar-refractivity contribution in [1.82, 2.24) is 9.66 Å². The van der Waals surface area contributed by atoms with Crippen LogP contribution < -0.4 is 10.3 Å². The molecule has 0 unspecified atom stereocenters. The van der Waals surface area contributed by atoms with Crippen molar-refractivity contribution in [1.29, 1.82) is 0 Å². The van der Waals surface area contributed by atoms with Gasteiger partial charge in [-0.2, -0.15) is 9.78 Å². The lowest BCUT2D eigenvalue weighted by molar-refractivity contribution is -0.384. The number of nitrogens with zero attached hydrogens (tertiary/aromatic N) is 4. The predicted octanol–water partition coefficient (Wildman–Crippen LogP) is 7.25. The van der Waals surface area contributed by atoms with E-state index in [1.165, 1.54) is 24.4 Å². The van der Waals surface area contributed by atoms with Crippen LogP contribution in [0, 0.1) is 17.0 Å². The normalized spacial score (nSPS) is 11.5. The van der Waals surface area contributed by atoms with Gasteiger partial charge < -0.3 is 9.15 Å². The highest BCUT2D eigenvalue weighted by Gasteiger charge is 2.17. The molecule has 0 aliphatic heterocycles. The number of ether oxygens (including phenoxy) is 1. The zero-order valence-electron chi connectivity index (χ0n) is 21.7. The zero-order valence-corrected chi connectivity index (χ0v) is 23.2. The summed E-state index contributed by atoms with van der Waals surface area (Å²) in [4.78, 5) is 29.4. The van der Waals surface area contributed by atoms with E-state index < -0.39 is 10.5 Å². The number of nitro benzene ring substituents is 1. The van der Waals surface area contributed by atoms with Crippen LogP contribution in [0.2, 0.25) is 0 Å².